The van der Waals surface area contributed by atoms with Crippen molar-refractivity contribution < 1.29 is 39.8 Å². The Labute approximate surface area is 274 Å². The molecule has 0 aromatic carbocycles. The van der Waals surface area contributed by atoms with Crippen LogP contribution in [0.2, 0.25) is 0 Å². The van der Waals surface area contributed by atoms with Crippen LogP contribution in [0.5, 0.6) is 0 Å². The number of hydrogen-bond acceptors (Lipinski definition) is 8. The zero-order chi connectivity index (χ0) is 33.1. The number of carbonyl (C=O) groups excluding carboxylic acids is 1. The Morgan fingerprint density at radius 3 is 1.73 bits per heavy atom. The van der Waals surface area contributed by atoms with E-state index in [0.29, 0.717) is 6.42 Å². The predicted molar refractivity (Wildman–Crippen MR) is 180 cm³/mol. The van der Waals surface area contributed by atoms with Crippen LogP contribution in [0.15, 0.2) is 12.2 Å². The van der Waals surface area contributed by atoms with Gasteiger partial charge in [-0.1, -0.05) is 142 Å². The maximum absolute atomic E-state index is 12.8. The molecule has 1 aliphatic rings. The van der Waals surface area contributed by atoms with Gasteiger partial charge in [0.1, 0.15) is 24.4 Å². The van der Waals surface area contributed by atoms with Crippen molar-refractivity contribution in [3.8, 4) is 0 Å². The molecule has 266 valence electrons. The average molecular weight is 644 g/mol. The molecule has 1 aliphatic heterocycles. The molecule has 0 radical (unpaired) electrons. The monoisotopic (exact) mass is 644 g/mol. The molecule has 0 bridgehead atoms. The molecule has 0 aliphatic carbocycles. The fourth-order valence-corrected chi connectivity index (χ4v) is 5.80. The molecule has 7 atom stereocenters. The molecule has 45 heavy (non-hydrogen) atoms. The summed E-state index contributed by atoms with van der Waals surface area (Å²) in [6, 6.07) is -0.794. The minimum atomic E-state index is -1.56. The molecule has 1 rings (SSSR count). The number of aliphatic hydroxyl groups is 5. The van der Waals surface area contributed by atoms with Gasteiger partial charge in [0.15, 0.2) is 6.29 Å². The molecule has 0 aromatic rings. The Morgan fingerprint density at radius 2 is 1.22 bits per heavy atom. The van der Waals surface area contributed by atoms with E-state index in [1.54, 1.807) is 6.08 Å². The van der Waals surface area contributed by atoms with E-state index in [-0.39, 0.29) is 12.5 Å². The third-order valence-corrected chi connectivity index (χ3v) is 8.86. The molecule has 1 saturated heterocycles. The normalized spacial score (nSPS) is 23.4. The summed E-state index contributed by atoms with van der Waals surface area (Å²) in [7, 11) is 0. The number of unbranched alkanes of at least 4 members (excludes halogenated alkanes) is 19. The number of carbonyl (C=O) groups is 1. The number of aliphatic hydroxyl groups excluding tert-OH is 5. The third-order valence-electron chi connectivity index (χ3n) is 8.86. The van der Waals surface area contributed by atoms with E-state index in [4.69, 9.17) is 9.47 Å². The van der Waals surface area contributed by atoms with Gasteiger partial charge >= 0.3 is 0 Å². The van der Waals surface area contributed by atoms with Crippen LogP contribution < -0.4 is 5.32 Å². The van der Waals surface area contributed by atoms with E-state index in [2.05, 4.69) is 19.2 Å². The minimum Gasteiger partial charge on any atom is -0.394 e. The summed E-state index contributed by atoms with van der Waals surface area (Å²) in [6.07, 6.45) is 21.1. The fourth-order valence-electron chi connectivity index (χ4n) is 5.80. The summed E-state index contributed by atoms with van der Waals surface area (Å²) < 4.78 is 11.1. The summed E-state index contributed by atoms with van der Waals surface area (Å²) in [5, 5.41) is 53.7. The van der Waals surface area contributed by atoms with Gasteiger partial charge in [-0.2, -0.15) is 0 Å². The van der Waals surface area contributed by atoms with Crippen LogP contribution in [0, 0.1) is 0 Å². The van der Waals surface area contributed by atoms with Crippen LogP contribution in [-0.2, 0) is 14.3 Å². The van der Waals surface area contributed by atoms with Crippen molar-refractivity contribution in [2.24, 2.45) is 0 Å². The molecule has 1 amide bonds. The average Bonchev–Trinajstić information content (AvgIpc) is 3.04. The van der Waals surface area contributed by atoms with E-state index < -0.39 is 49.5 Å². The molecule has 1 fully saturated rings. The predicted octanol–water partition coefficient (Wildman–Crippen LogP) is 5.83. The Bertz CT molecular complexity index is 721. The first-order valence-electron chi connectivity index (χ1n) is 18.4. The molecule has 0 aromatic heterocycles. The lowest BCUT2D eigenvalue weighted by Crippen LogP contribution is -2.60. The first kappa shape index (κ1) is 42.0. The maximum Gasteiger partial charge on any atom is 0.220 e. The second-order valence-corrected chi connectivity index (χ2v) is 13.0. The van der Waals surface area contributed by atoms with Gasteiger partial charge in [0.25, 0.3) is 0 Å². The van der Waals surface area contributed by atoms with Gasteiger partial charge in [0, 0.05) is 6.42 Å². The van der Waals surface area contributed by atoms with Crippen molar-refractivity contribution in [3.05, 3.63) is 12.2 Å². The third kappa shape index (κ3) is 20.0. The Morgan fingerprint density at radius 1 is 0.733 bits per heavy atom. The van der Waals surface area contributed by atoms with Crippen molar-refractivity contribution in [2.75, 3.05) is 13.2 Å². The second-order valence-electron chi connectivity index (χ2n) is 13.0. The van der Waals surface area contributed by atoms with Crippen molar-refractivity contribution in [2.45, 2.75) is 198 Å². The number of allylic oxidation sites excluding steroid dienone is 1. The number of amides is 1. The lowest BCUT2D eigenvalue weighted by molar-refractivity contribution is -0.302. The van der Waals surface area contributed by atoms with Gasteiger partial charge in [-0.3, -0.25) is 4.79 Å². The summed E-state index contributed by atoms with van der Waals surface area (Å²) in [5.41, 5.74) is 0. The fraction of sp³-hybridized carbons (Fsp3) is 0.917. The van der Waals surface area contributed by atoms with Crippen LogP contribution in [0.1, 0.15) is 155 Å². The molecule has 0 spiro atoms. The molecule has 9 nitrogen and oxygen atoms in total. The standard InChI is InChI=1S/C36H69NO8/c1-3-5-7-9-11-13-14-15-16-18-19-21-23-25-30(39)29(28-44-36-35(43)34(42)33(41)31(27-38)45-36)37-32(40)26-24-22-20-17-12-10-8-6-4-2/h23,25,29-31,33-36,38-39,41-43H,3-22,24,26-28H2,1-2H3,(H,37,40)/b25-23+/t29-,30+,31?,33+,34?,35-,36+/m0/s1. The highest BCUT2D eigenvalue weighted by Gasteiger charge is 2.44. The first-order chi connectivity index (χ1) is 21.8. The SMILES string of the molecule is CCCCCCCCCCCCC/C=C/[C@@H](O)[C@H](CO[C@@H]1OC(CO)[C@@H](O)C(O)[C@@H]1O)NC(=O)CCCCCCCCCCC. The van der Waals surface area contributed by atoms with Gasteiger partial charge in [-0.25, -0.2) is 0 Å². The summed E-state index contributed by atoms with van der Waals surface area (Å²) in [4.78, 5) is 12.8. The molecular formula is C36H69NO8. The van der Waals surface area contributed by atoms with E-state index in [1.807, 2.05) is 6.08 Å². The smallest absolute Gasteiger partial charge is 0.220 e. The van der Waals surface area contributed by atoms with E-state index in [0.717, 1.165) is 38.5 Å². The molecule has 1 heterocycles. The highest BCUT2D eigenvalue weighted by molar-refractivity contribution is 5.76. The maximum atomic E-state index is 12.8. The highest BCUT2D eigenvalue weighted by Crippen LogP contribution is 2.22. The Hall–Kier alpha value is -1.07. The first-order valence-corrected chi connectivity index (χ1v) is 18.4. The quantitative estimate of drug-likeness (QED) is 0.0441. The van der Waals surface area contributed by atoms with Crippen molar-refractivity contribution >= 4 is 5.91 Å². The number of ether oxygens (including phenoxy) is 2. The van der Waals surface area contributed by atoms with Gasteiger partial charge in [0.05, 0.1) is 25.4 Å². The number of hydrogen-bond donors (Lipinski definition) is 6. The van der Waals surface area contributed by atoms with E-state index >= 15 is 0 Å². The number of nitrogens with one attached hydrogen (secondary N) is 1. The zero-order valence-corrected chi connectivity index (χ0v) is 28.6. The zero-order valence-electron chi connectivity index (χ0n) is 28.6. The van der Waals surface area contributed by atoms with Crippen LogP contribution in [0.3, 0.4) is 0 Å². The van der Waals surface area contributed by atoms with Gasteiger partial charge in [-0.05, 0) is 19.3 Å². The topological polar surface area (TPSA) is 149 Å². The molecule has 2 unspecified atom stereocenters. The van der Waals surface area contributed by atoms with Crippen LogP contribution in [0.25, 0.3) is 0 Å². The number of rotatable bonds is 29. The van der Waals surface area contributed by atoms with Crippen molar-refractivity contribution in [1.29, 1.82) is 0 Å². The van der Waals surface area contributed by atoms with E-state index in [1.165, 1.54) is 96.3 Å². The van der Waals surface area contributed by atoms with Crippen LogP contribution >= 0.6 is 0 Å². The summed E-state index contributed by atoms with van der Waals surface area (Å²) >= 11 is 0. The minimum absolute atomic E-state index is 0.182. The molecule has 9 heteroatoms. The van der Waals surface area contributed by atoms with Crippen molar-refractivity contribution in [1.82, 2.24) is 5.32 Å². The largest absolute Gasteiger partial charge is 0.394 e. The Balaban J connectivity index is 2.49. The molecular weight excluding hydrogens is 574 g/mol. The Kier molecular flexibility index (Phi) is 26.1. The van der Waals surface area contributed by atoms with Gasteiger partial charge in [-0.15, -0.1) is 0 Å². The molecule has 0 saturated carbocycles. The molecule has 6 N–H and O–H groups in total. The van der Waals surface area contributed by atoms with Gasteiger partial charge in [0.2, 0.25) is 5.91 Å². The lowest BCUT2D eigenvalue weighted by atomic mass is 9.99. The van der Waals surface area contributed by atoms with E-state index in [9.17, 15) is 30.3 Å². The summed E-state index contributed by atoms with van der Waals surface area (Å²) in [5.74, 6) is -0.182. The lowest BCUT2D eigenvalue weighted by Gasteiger charge is -2.40. The van der Waals surface area contributed by atoms with Crippen LogP contribution in [0.4, 0.5) is 0 Å². The second kappa shape index (κ2) is 28.0. The van der Waals surface area contributed by atoms with Crippen LogP contribution in [-0.4, -0.2) is 87.5 Å². The summed E-state index contributed by atoms with van der Waals surface area (Å²) in [6.45, 7) is 3.71. The highest BCUT2D eigenvalue weighted by atomic mass is 16.7. The van der Waals surface area contributed by atoms with Crippen molar-refractivity contribution in [3.63, 3.8) is 0 Å². The van der Waals surface area contributed by atoms with Gasteiger partial charge < -0.3 is 40.3 Å².